The second kappa shape index (κ2) is 5.91. The fourth-order valence-corrected chi connectivity index (χ4v) is 4.10. The van der Waals surface area contributed by atoms with Gasteiger partial charge in [0.15, 0.2) is 0 Å². The van der Waals surface area contributed by atoms with Crippen molar-refractivity contribution in [2.75, 3.05) is 4.72 Å². The van der Waals surface area contributed by atoms with Gasteiger partial charge in [-0.15, -0.1) is 0 Å². The van der Waals surface area contributed by atoms with Gasteiger partial charge in [0, 0.05) is 8.59 Å². The molecular weight excluding hydrogens is 409 g/mol. The Kier molecular flexibility index (Phi) is 4.61. The molecule has 0 radical (unpaired) electrons. The van der Waals surface area contributed by atoms with Crippen LogP contribution in [0.1, 0.15) is 11.1 Å². The van der Waals surface area contributed by atoms with Crippen molar-refractivity contribution in [3.05, 3.63) is 56.1 Å². The maximum Gasteiger partial charge on any atom is 0.262 e. The molecule has 0 spiro atoms. The minimum atomic E-state index is -3.62. The van der Waals surface area contributed by atoms with Crippen molar-refractivity contribution in [2.45, 2.75) is 18.7 Å². The Labute approximate surface area is 137 Å². The Morgan fingerprint density at radius 3 is 2.40 bits per heavy atom. The van der Waals surface area contributed by atoms with Gasteiger partial charge in [-0.05, 0) is 71.8 Å². The van der Waals surface area contributed by atoms with Gasteiger partial charge in [-0.3, -0.25) is 4.72 Å². The third-order valence-electron chi connectivity index (χ3n) is 2.86. The summed E-state index contributed by atoms with van der Waals surface area (Å²) in [5, 5.41) is 0.566. The van der Waals surface area contributed by atoms with E-state index < -0.39 is 10.0 Å². The SMILES string of the molecule is Cc1cc(S(=O)(=O)Nc2ccccc2I)c(C)cc1Cl. The van der Waals surface area contributed by atoms with Crippen LogP contribution in [0.3, 0.4) is 0 Å². The largest absolute Gasteiger partial charge is 0.279 e. The summed E-state index contributed by atoms with van der Waals surface area (Å²) >= 11 is 8.10. The maximum atomic E-state index is 12.5. The first-order valence-electron chi connectivity index (χ1n) is 5.85. The molecule has 0 bridgehead atoms. The minimum absolute atomic E-state index is 0.249. The molecule has 2 aromatic rings. The van der Waals surface area contributed by atoms with Crippen LogP contribution in [0, 0.1) is 17.4 Å². The third kappa shape index (κ3) is 3.27. The Hall–Kier alpha value is -0.790. The molecule has 0 saturated carbocycles. The van der Waals surface area contributed by atoms with E-state index in [2.05, 4.69) is 27.3 Å². The van der Waals surface area contributed by atoms with E-state index in [0.29, 0.717) is 16.3 Å². The number of rotatable bonds is 3. The molecule has 20 heavy (non-hydrogen) atoms. The van der Waals surface area contributed by atoms with Gasteiger partial charge >= 0.3 is 0 Å². The fraction of sp³-hybridized carbons (Fsp3) is 0.143. The van der Waals surface area contributed by atoms with E-state index >= 15 is 0 Å². The standard InChI is InChI=1S/C14H13ClINO2S/c1-9-8-14(10(2)7-11(9)15)20(18,19)17-13-6-4-3-5-12(13)16/h3-8,17H,1-2H3. The van der Waals surface area contributed by atoms with Gasteiger partial charge in [-0.2, -0.15) is 0 Å². The normalized spacial score (nSPS) is 11.4. The van der Waals surface area contributed by atoms with Crippen LogP contribution in [0.15, 0.2) is 41.3 Å². The van der Waals surface area contributed by atoms with Crippen LogP contribution >= 0.6 is 34.2 Å². The zero-order chi connectivity index (χ0) is 14.9. The van der Waals surface area contributed by atoms with Gasteiger partial charge in [-0.1, -0.05) is 23.7 Å². The van der Waals surface area contributed by atoms with Crippen molar-refractivity contribution in [3.8, 4) is 0 Å². The lowest BCUT2D eigenvalue weighted by Gasteiger charge is -2.13. The van der Waals surface area contributed by atoms with Crippen molar-refractivity contribution in [3.63, 3.8) is 0 Å². The lowest BCUT2D eigenvalue weighted by atomic mass is 10.2. The Bertz CT molecular complexity index is 760. The number of nitrogens with one attached hydrogen (secondary N) is 1. The lowest BCUT2D eigenvalue weighted by Crippen LogP contribution is -2.15. The predicted octanol–water partition coefficient (Wildman–Crippen LogP) is 4.36. The highest BCUT2D eigenvalue weighted by atomic mass is 127. The molecule has 6 heteroatoms. The minimum Gasteiger partial charge on any atom is -0.279 e. The predicted molar refractivity (Wildman–Crippen MR) is 90.9 cm³/mol. The summed E-state index contributed by atoms with van der Waals surface area (Å²) in [6, 6.07) is 10.5. The number of hydrogen-bond acceptors (Lipinski definition) is 2. The highest BCUT2D eigenvalue weighted by Gasteiger charge is 2.19. The highest BCUT2D eigenvalue weighted by Crippen LogP contribution is 2.27. The third-order valence-corrected chi connectivity index (χ3v) is 5.72. The van der Waals surface area contributed by atoms with Crippen LogP contribution in [0.25, 0.3) is 0 Å². The molecule has 0 atom stereocenters. The molecule has 3 nitrogen and oxygen atoms in total. The first kappa shape index (κ1) is 15.6. The van der Waals surface area contributed by atoms with E-state index in [1.165, 1.54) is 0 Å². The first-order chi connectivity index (χ1) is 9.31. The summed E-state index contributed by atoms with van der Waals surface area (Å²) in [5.41, 5.74) is 1.93. The lowest BCUT2D eigenvalue weighted by molar-refractivity contribution is 0.600. The molecule has 0 heterocycles. The van der Waals surface area contributed by atoms with Gasteiger partial charge < -0.3 is 0 Å². The number of para-hydroxylation sites is 1. The van der Waals surface area contributed by atoms with E-state index in [4.69, 9.17) is 11.6 Å². The van der Waals surface area contributed by atoms with Crippen LogP contribution in [0.2, 0.25) is 5.02 Å². The average Bonchev–Trinajstić information content (AvgIpc) is 2.36. The van der Waals surface area contributed by atoms with Gasteiger partial charge in [0.1, 0.15) is 0 Å². The Morgan fingerprint density at radius 1 is 1.10 bits per heavy atom. The van der Waals surface area contributed by atoms with E-state index in [9.17, 15) is 8.42 Å². The summed E-state index contributed by atoms with van der Waals surface area (Å²) in [4.78, 5) is 0.249. The molecule has 0 amide bonds. The number of hydrogen-bond donors (Lipinski definition) is 1. The monoisotopic (exact) mass is 421 g/mol. The van der Waals surface area contributed by atoms with E-state index in [1.807, 2.05) is 12.1 Å². The molecule has 0 aliphatic heterocycles. The van der Waals surface area contributed by atoms with Gasteiger partial charge in [0.2, 0.25) is 0 Å². The number of sulfonamides is 1. The topological polar surface area (TPSA) is 46.2 Å². The molecule has 2 rings (SSSR count). The number of anilines is 1. The highest BCUT2D eigenvalue weighted by molar-refractivity contribution is 14.1. The Morgan fingerprint density at radius 2 is 1.75 bits per heavy atom. The molecule has 106 valence electrons. The van der Waals surface area contributed by atoms with Gasteiger partial charge in [0.25, 0.3) is 10.0 Å². The summed E-state index contributed by atoms with van der Waals surface area (Å²) < 4.78 is 28.4. The van der Waals surface area contributed by atoms with Crippen molar-refractivity contribution in [2.24, 2.45) is 0 Å². The summed E-state index contributed by atoms with van der Waals surface area (Å²) in [6.07, 6.45) is 0. The first-order valence-corrected chi connectivity index (χ1v) is 8.79. The molecule has 0 aliphatic carbocycles. The summed E-state index contributed by atoms with van der Waals surface area (Å²) in [6.45, 7) is 3.52. The second-order valence-corrected chi connectivity index (χ2v) is 7.67. The molecular formula is C14H13ClINO2S. The molecule has 2 aromatic carbocycles. The average molecular weight is 422 g/mol. The van der Waals surface area contributed by atoms with Crippen LogP contribution in [-0.2, 0) is 10.0 Å². The van der Waals surface area contributed by atoms with Crippen molar-refractivity contribution in [1.29, 1.82) is 0 Å². The summed E-state index contributed by atoms with van der Waals surface area (Å²) in [7, 11) is -3.62. The quantitative estimate of drug-likeness (QED) is 0.749. The van der Waals surface area contributed by atoms with Crippen LogP contribution in [0.5, 0.6) is 0 Å². The number of halogens is 2. The van der Waals surface area contributed by atoms with Crippen molar-refractivity contribution >= 4 is 49.9 Å². The zero-order valence-electron chi connectivity index (χ0n) is 10.9. The number of aryl methyl sites for hydroxylation is 2. The van der Waals surface area contributed by atoms with Crippen molar-refractivity contribution in [1.82, 2.24) is 0 Å². The van der Waals surface area contributed by atoms with Crippen LogP contribution in [-0.4, -0.2) is 8.42 Å². The van der Waals surface area contributed by atoms with Crippen LogP contribution in [0.4, 0.5) is 5.69 Å². The van der Waals surface area contributed by atoms with Crippen molar-refractivity contribution < 1.29 is 8.42 Å². The molecule has 0 aromatic heterocycles. The fourth-order valence-electron chi connectivity index (χ4n) is 1.79. The number of benzene rings is 2. The van der Waals surface area contributed by atoms with E-state index in [1.54, 1.807) is 38.1 Å². The van der Waals surface area contributed by atoms with Crippen LogP contribution < -0.4 is 4.72 Å². The van der Waals surface area contributed by atoms with Gasteiger partial charge in [-0.25, -0.2) is 8.42 Å². The Balaban J connectivity index is 2.47. The zero-order valence-corrected chi connectivity index (χ0v) is 14.7. The van der Waals surface area contributed by atoms with E-state index in [0.717, 1.165) is 9.13 Å². The summed E-state index contributed by atoms with van der Waals surface area (Å²) in [5.74, 6) is 0. The smallest absolute Gasteiger partial charge is 0.262 e. The molecule has 0 aliphatic rings. The molecule has 0 fully saturated rings. The second-order valence-electron chi connectivity index (χ2n) is 4.45. The molecule has 1 N–H and O–H groups in total. The maximum absolute atomic E-state index is 12.5. The molecule has 0 unspecified atom stereocenters. The molecule has 0 saturated heterocycles. The van der Waals surface area contributed by atoms with E-state index in [-0.39, 0.29) is 4.90 Å². The van der Waals surface area contributed by atoms with Gasteiger partial charge in [0.05, 0.1) is 10.6 Å².